The van der Waals surface area contributed by atoms with E-state index < -0.39 is 0 Å². The van der Waals surface area contributed by atoms with E-state index in [0.29, 0.717) is 23.3 Å². The Kier molecular flexibility index (Phi) is 3.41. The molecule has 0 aliphatic rings. The molecule has 0 saturated carbocycles. The van der Waals surface area contributed by atoms with Crippen molar-refractivity contribution in [3.63, 3.8) is 0 Å². The largest absolute Gasteiger partial charge is 0.439 e. The SMILES string of the molecule is CC(C)c1nc(N)cc(Oc2cccc(F)c2)n1. The minimum atomic E-state index is -0.362. The topological polar surface area (TPSA) is 61.0 Å². The van der Waals surface area contributed by atoms with Crippen LogP contribution in [0.4, 0.5) is 10.2 Å². The molecule has 18 heavy (non-hydrogen) atoms. The van der Waals surface area contributed by atoms with Crippen molar-refractivity contribution in [1.29, 1.82) is 0 Å². The van der Waals surface area contributed by atoms with Crippen molar-refractivity contribution in [2.45, 2.75) is 19.8 Å². The molecule has 0 saturated heterocycles. The smallest absolute Gasteiger partial charge is 0.224 e. The number of nitrogens with zero attached hydrogens (tertiary/aromatic N) is 2. The first kappa shape index (κ1) is 12.3. The molecule has 5 heteroatoms. The number of benzene rings is 1. The van der Waals surface area contributed by atoms with Crippen LogP contribution in [0.3, 0.4) is 0 Å². The number of rotatable bonds is 3. The maximum atomic E-state index is 13.0. The highest BCUT2D eigenvalue weighted by molar-refractivity contribution is 5.36. The average molecular weight is 247 g/mol. The molecule has 0 amide bonds. The van der Waals surface area contributed by atoms with Gasteiger partial charge in [-0.25, -0.2) is 9.37 Å². The highest BCUT2D eigenvalue weighted by Crippen LogP contribution is 2.23. The lowest BCUT2D eigenvalue weighted by Crippen LogP contribution is -2.03. The molecular weight excluding hydrogens is 233 g/mol. The van der Waals surface area contributed by atoms with Gasteiger partial charge < -0.3 is 10.5 Å². The van der Waals surface area contributed by atoms with Crippen molar-refractivity contribution in [2.75, 3.05) is 5.73 Å². The van der Waals surface area contributed by atoms with Gasteiger partial charge in [-0.15, -0.1) is 0 Å². The Morgan fingerprint density at radius 3 is 2.67 bits per heavy atom. The Morgan fingerprint density at radius 2 is 2.00 bits per heavy atom. The Morgan fingerprint density at radius 1 is 1.22 bits per heavy atom. The van der Waals surface area contributed by atoms with Crippen molar-refractivity contribution in [3.8, 4) is 11.6 Å². The van der Waals surface area contributed by atoms with Crippen LogP contribution in [-0.2, 0) is 0 Å². The van der Waals surface area contributed by atoms with E-state index in [0.717, 1.165) is 0 Å². The number of halogens is 1. The number of anilines is 1. The molecule has 0 fully saturated rings. The fourth-order valence-corrected chi connectivity index (χ4v) is 1.42. The van der Waals surface area contributed by atoms with Crippen LogP contribution in [-0.4, -0.2) is 9.97 Å². The molecule has 4 nitrogen and oxygen atoms in total. The van der Waals surface area contributed by atoms with Crippen LogP contribution in [0.1, 0.15) is 25.6 Å². The lowest BCUT2D eigenvalue weighted by Gasteiger charge is -2.09. The van der Waals surface area contributed by atoms with Gasteiger partial charge in [0.25, 0.3) is 0 Å². The normalized spacial score (nSPS) is 10.7. The van der Waals surface area contributed by atoms with Gasteiger partial charge in [0.05, 0.1) is 0 Å². The Hall–Kier alpha value is -2.17. The zero-order valence-electron chi connectivity index (χ0n) is 10.2. The van der Waals surface area contributed by atoms with E-state index in [1.165, 1.54) is 18.2 Å². The third-order valence-electron chi connectivity index (χ3n) is 2.27. The first-order valence-electron chi connectivity index (χ1n) is 5.62. The van der Waals surface area contributed by atoms with Crippen LogP contribution < -0.4 is 10.5 Å². The second-order valence-electron chi connectivity index (χ2n) is 4.20. The number of nitrogen functional groups attached to an aromatic ring is 1. The number of aromatic nitrogens is 2. The zero-order chi connectivity index (χ0) is 13.1. The van der Waals surface area contributed by atoms with E-state index in [4.69, 9.17) is 10.5 Å². The van der Waals surface area contributed by atoms with Gasteiger partial charge in [0.2, 0.25) is 5.88 Å². The van der Waals surface area contributed by atoms with Gasteiger partial charge in [-0.3, -0.25) is 0 Å². The molecule has 0 aliphatic heterocycles. The first-order valence-corrected chi connectivity index (χ1v) is 5.62. The van der Waals surface area contributed by atoms with Gasteiger partial charge in [0.15, 0.2) is 0 Å². The van der Waals surface area contributed by atoms with Gasteiger partial charge >= 0.3 is 0 Å². The van der Waals surface area contributed by atoms with Gasteiger partial charge in [0.1, 0.15) is 23.2 Å². The molecule has 0 spiro atoms. The van der Waals surface area contributed by atoms with Crippen LogP contribution in [0.15, 0.2) is 30.3 Å². The van der Waals surface area contributed by atoms with E-state index >= 15 is 0 Å². The van der Waals surface area contributed by atoms with Crippen LogP contribution in [0.2, 0.25) is 0 Å². The van der Waals surface area contributed by atoms with Crippen molar-refractivity contribution in [2.24, 2.45) is 0 Å². The summed E-state index contributed by atoms with van der Waals surface area (Å²) < 4.78 is 18.5. The van der Waals surface area contributed by atoms with Crippen molar-refractivity contribution in [1.82, 2.24) is 9.97 Å². The van der Waals surface area contributed by atoms with Gasteiger partial charge in [-0.2, -0.15) is 4.98 Å². The van der Waals surface area contributed by atoms with Crippen LogP contribution in [0, 0.1) is 5.82 Å². The second-order valence-corrected chi connectivity index (χ2v) is 4.20. The summed E-state index contributed by atoms with van der Waals surface area (Å²) in [4.78, 5) is 8.33. The van der Waals surface area contributed by atoms with Crippen LogP contribution in [0.5, 0.6) is 11.6 Å². The van der Waals surface area contributed by atoms with Gasteiger partial charge in [-0.1, -0.05) is 19.9 Å². The molecule has 1 aromatic carbocycles. The minimum Gasteiger partial charge on any atom is -0.439 e. The predicted octanol–water partition coefficient (Wildman–Crippen LogP) is 3.11. The van der Waals surface area contributed by atoms with E-state index in [9.17, 15) is 4.39 Å². The summed E-state index contributed by atoms with van der Waals surface area (Å²) in [6.07, 6.45) is 0. The molecule has 1 heterocycles. The monoisotopic (exact) mass is 247 g/mol. The Balaban J connectivity index is 2.29. The molecule has 1 aromatic heterocycles. The Labute approximate surface area is 105 Å². The molecule has 94 valence electrons. The lowest BCUT2D eigenvalue weighted by molar-refractivity contribution is 0.453. The molecular formula is C13H14FN3O. The highest BCUT2D eigenvalue weighted by Gasteiger charge is 2.08. The van der Waals surface area contributed by atoms with Gasteiger partial charge in [-0.05, 0) is 12.1 Å². The molecule has 0 bridgehead atoms. The zero-order valence-corrected chi connectivity index (χ0v) is 10.2. The number of nitrogens with two attached hydrogens (primary N) is 1. The molecule has 2 N–H and O–H groups in total. The molecule has 2 aromatic rings. The van der Waals surface area contributed by atoms with E-state index in [1.54, 1.807) is 12.1 Å². The molecule has 2 rings (SSSR count). The summed E-state index contributed by atoms with van der Waals surface area (Å²) in [5, 5.41) is 0. The predicted molar refractivity (Wildman–Crippen MR) is 67.0 cm³/mol. The quantitative estimate of drug-likeness (QED) is 0.905. The van der Waals surface area contributed by atoms with E-state index in [1.807, 2.05) is 13.8 Å². The Bertz CT molecular complexity index is 558. The van der Waals surface area contributed by atoms with Crippen molar-refractivity contribution >= 4 is 5.82 Å². The second kappa shape index (κ2) is 5.00. The number of hydrogen-bond acceptors (Lipinski definition) is 4. The lowest BCUT2D eigenvalue weighted by atomic mass is 10.2. The first-order chi connectivity index (χ1) is 8.54. The summed E-state index contributed by atoms with van der Waals surface area (Å²) in [6, 6.07) is 7.36. The summed E-state index contributed by atoms with van der Waals surface area (Å²) in [6.45, 7) is 3.92. The third-order valence-corrected chi connectivity index (χ3v) is 2.27. The van der Waals surface area contributed by atoms with Crippen molar-refractivity contribution < 1.29 is 9.13 Å². The summed E-state index contributed by atoms with van der Waals surface area (Å²) in [5.41, 5.74) is 5.68. The summed E-state index contributed by atoms with van der Waals surface area (Å²) >= 11 is 0. The molecule has 0 atom stereocenters. The average Bonchev–Trinajstić information content (AvgIpc) is 2.28. The van der Waals surface area contributed by atoms with Gasteiger partial charge in [0, 0.05) is 18.1 Å². The fraction of sp³-hybridized carbons (Fsp3) is 0.231. The standard InChI is InChI=1S/C13H14FN3O/c1-8(2)13-16-11(15)7-12(17-13)18-10-5-3-4-9(14)6-10/h3-8H,1-2H3,(H2,15,16,17). The fourth-order valence-electron chi connectivity index (χ4n) is 1.42. The third kappa shape index (κ3) is 2.94. The maximum absolute atomic E-state index is 13.0. The number of ether oxygens (including phenoxy) is 1. The minimum absolute atomic E-state index is 0.142. The van der Waals surface area contributed by atoms with E-state index in [2.05, 4.69) is 9.97 Å². The summed E-state index contributed by atoms with van der Waals surface area (Å²) in [7, 11) is 0. The molecule has 0 aliphatic carbocycles. The maximum Gasteiger partial charge on any atom is 0.224 e. The summed E-state index contributed by atoms with van der Waals surface area (Å²) in [5.74, 6) is 1.41. The van der Waals surface area contributed by atoms with E-state index in [-0.39, 0.29) is 11.7 Å². The number of hydrogen-bond donors (Lipinski definition) is 1. The van der Waals surface area contributed by atoms with Crippen LogP contribution in [0.25, 0.3) is 0 Å². The molecule has 0 radical (unpaired) electrons. The highest BCUT2D eigenvalue weighted by atomic mass is 19.1. The molecule has 0 unspecified atom stereocenters. The van der Waals surface area contributed by atoms with Crippen LogP contribution >= 0.6 is 0 Å². The van der Waals surface area contributed by atoms with Crippen molar-refractivity contribution in [3.05, 3.63) is 42.0 Å².